The van der Waals surface area contributed by atoms with Crippen LogP contribution in [0.2, 0.25) is 0 Å². The molecule has 26 heavy (non-hydrogen) atoms. The average molecular weight is 390 g/mol. The molecule has 3 rings (SSSR count). The predicted molar refractivity (Wildman–Crippen MR) is 100 cm³/mol. The van der Waals surface area contributed by atoms with Crippen molar-refractivity contribution in [3.8, 4) is 16.3 Å². The van der Waals surface area contributed by atoms with E-state index in [1.807, 2.05) is 24.3 Å². The maximum Gasteiger partial charge on any atom is 0.335 e. The first kappa shape index (κ1) is 18.1. The highest BCUT2D eigenvalue weighted by Gasteiger charge is 2.19. The van der Waals surface area contributed by atoms with Crippen LogP contribution in [0.5, 0.6) is 5.75 Å². The number of rotatable bonds is 6. The van der Waals surface area contributed by atoms with E-state index in [2.05, 4.69) is 4.98 Å². The summed E-state index contributed by atoms with van der Waals surface area (Å²) in [7, 11) is 1.58. The van der Waals surface area contributed by atoms with Gasteiger partial charge in [-0.15, -0.1) is 11.3 Å². The second kappa shape index (κ2) is 7.65. The van der Waals surface area contributed by atoms with E-state index in [-0.39, 0.29) is 5.56 Å². The van der Waals surface area contributed by atoms with Gasteiger partial charge in [0.15, 0.2) is 5.82 Å². The first-order valence-electron chi connectivity index (χ1n) is 7.34. The molecule has 1 heterocycles. The van der Waals surface area contributed by atoms with Crippen LogP contribution in [0.25, 0.3) is 10.6 Å². The number of carbonyl (C=O) groups is 1. The topological polar surface area (TPSA) is 100.0 Å². The number of carboxylic acids is 1. The zero-order valence-corrected chi connectivity index (χ0v) is 15.2. The SMILES string of the molecule is COc1ccc(-c2nc(N(c3ccc(C(=O)O)cc3)S(=O)O)cs2)cc1. The lowest BCUT2D eigenvalue weighted by Gasteiger charge is -2.17. The largest absolute Gasteiger partial charge is 0.497 e. The van der Waals surface area contributed by atoms with Crippen molar-refractivity contribution in [1.29, 1.82) is 0 Å². The van der Waals surface area contributed by atoms with Crippen molar-refractivity contribution in [1.82, 2.24) is 4.98 Å². The normalized spacial score (nSPS) is 11.8. The Hall–Kier alpha value is -2.75. The zero-order chi connectivity index (χ0) is 18.7. The molecule has 0 radical (unpaired) electrons. The van der Waals surface area contributed by atoms with Crippen LogP contribution in [-0.4, -0.2) is 31.9 Å². The first-order chi connectivity index (χ1) is 12.5. The summed E-state index contributed by atoms with van der Waals surface area (Å²) in [5.74, 6) is -0.0458. The molecule has 0 spiro atoms. The Morgan fingerprint density at radius 1 is 1.15 bits per heavy atom. The fourth-order valence-electron chi connectivity index (χ4n) is 2.27. The third-order valence-electron chi connectivity index (χ3n) is 3.54. The molecular weight excluding hydrogens is 376 g/mol. The van der Waals surface area contributed by atoms with Gasteiger partial charge in [-0.3, -0.25) is 4.55 Å². The number of ether oxygens (including phenoxy) is 1. The molecule has 0 aliphatic rings. The molecule has 0 fully saturated rings. The number of thiazole rings is 1. The highest BCUT2D eigenvalue weighted by atomic mass is 32.2. The van der Waals surface area contributed by atoms with Crippen LogP contribution in [-0.2, 0) is 11.3 Å². The van der Waals surface area contributed by atoms with Crippen molar-refractivity contribution >= 4 is 40.1 Å². The van der Waals surface area contributed by atoms with Crippen molar-refractivity contribution in [3.05, 3.63) is 59.5 Å². The Kier molecular flexibility index (Phi) is 5.31. The van der Waals surface area contributed by atoms with E-state index < -0.39 is 17.2 Å². The van der Waals surface area contributed by atoms with E-state index in [0.29, 0.717) is 16.5 Å². The van der Waals surface area contributed by atoms with E-state index in [4.69, 9.17) is 9.84 Å². The molecule has 0 bridgehead atoms. The molecule has 0 amide bonds. The molecule has 2 N–H and O–H groups in total. The van der Waals surface area contributed by atoms with E-state index in [9.17, 15) is 13.6 Å². The molecule has 3 aromatic rings. The summed E-state index contributed by atoms with van der Waals surface area (Å²) < 4.78 is 27.7. The van der Waals surface area contributed by atoms with Crippen molar-refractivity contribution < 1.29 is 23.4 Å². The summed E-state index contributed by atoms with van der Waals surface area (Å²) in [6, 6.07) is 13.0. The Morgan fingerprint density at radius 3 is 2.35 bits per heavy atom. The van der Waals surface area contributed by atoms with Gasteiger partial charge in [0.1, 0.15) is 10.8 Å². The number of anilines is 2. The van der Waals surface area contributed by atoms with Crippen LogP contribution in [0.4, 0.5) is 11.5 Å². The number of hydrogen-bond acceptors (Lipinski definition) is 5. The Balaban J connectivity index is 1.92. The number of aromatic nitrogens is 1. The number of methoxy groups -OCH3 is 1. The molecule has 2 aromatic carbocycles. The molecule has 7 nitrogen and oxygen atoms in total. The summed E-state index contributed by atoms with van der Waals surface area (Å²) in [5.41, 5.74) is 1.31. The van der Waals surface area contributed by atoms with Crippen LogP contribution in [0.1, 0.15) is 10.4 Å². The Labute approximate surface area is 155 Å². The Morgan fingerprint density at radius 2 is 1.81 bits per heavy atom. The monoisotopic (exact) mass is 390 g/mol. The van der Waals surface area contributed by atoms with E-state index >= 15 is 0 Å². The smallest absolute Gasteiger partial charge is 0.335 e. The van der Waals surface area contributed by atoms with Crippen molar-refractivity contribution in [2.24, 2.45) is 0 Å². The van der Waals surface area contributed by atoms with E-state index in [1.54, 1.807) is 12.5 Å². The molecule has 0 aliphatic heterocycles. The number of benzene rings is 2. The second-order valence-electron chi connectivity index (χ2n) is 5.12. The van der Waals surface area contributed by atoms with E-state index in [1.165, 1.54) is 35.6 Å². The second-order valence-corrected chi connectivity index (χ2v) is 6.80. The summed E-state index contributed by atoms with van der Waals surface area (Å²) in [6.45, 7) is 0. The van der Waals surface area contributed by atoms with Crippen molar-refractivity contribution in [2.75, 3.05) is 11.4 Å². The van der Waals surface area contributed by atoms with Gasteiger partial charge in [-0.05, 0) is 48.5 Å². The van der Waals surface area contributed by atoms with Crippen LogP contribution in [0, 0.1) is 0 Å². The van der Waals surface area contributed by atoms with Gasteiger partial charge in [0.05, 0.1) is 18.4 Å². The number of aromatic carboxylic acids is 1. The average Bonchev–Trinajstić information content (AvgIpc) is 3.11. The standard InChI is InChI=1S/C17H14N2O5S2/c1-24-14-8-4-11(5-9-14)16-18-15(10-25-16)19(26(22)23)13-6-2-12(3-7-13)17(20)21/h2-10H,1H3,(H,20,21)(H,22,23). The summed E-state index contributed by atoms with van der Waals surface area (Å²) in [6.07, 6.45) is 0. The quantitative estimate of drug-likeness (QED) is 0.621. The molecule has 134 valence electrons. The molecule has 0 saturated carbocycles. The van der Waals surface area contributed by atoms with Gasteiger partial charge in [0, 0.05) is 10.9 Å². The van der Waals surface area contributed by atoms with Gasteiger partial charge in [0.25, 0.3) is 11.3 Å². The summed E-state index contributed by atoms with van der Waals surface area (Å²) in [4.78, 5) is 15.4. The molecular formula is C17H14N2O5S2. The maximum atomic E-state index is 11.8. The minimum absolute atomic E-state index is 0.0922. The van der Waals surface area contributed by atoms with Gasteiger partial charge < -0.3 is 9.84 Å². The third kappa shape index (κ3) is 3.74. The van der Waals surface area contributed by atoms with Crippen LogP contribution < -0.4 is 9.04 Å². The third-order valence-corrected chi connectivity index (χ3v) is 5.13. The molecule has 9 heteroatoms. The van der Waals surface area contributed by atoms with Crippen LogP contribution in [0.15, 0.2) is 53.9 Å². The zero-order valence-electron chi connectivity index (χ0n) is 13.5. The lowest BCUT2D eigenvalue weighted by molar-refractivity contribution is 0.0697. The summed E-state index contributed by atoms with van der Waals surface area (Å²) in [5, 5.41) is 11.3. The number of carboxylic acid groups (broad SMARTS) is 1. The minimum Gasteiger partial charge on any atom is -0.497 e. The van der Waals surface area contributed by atoms with Gasteiger partial charge in [-0.1, -0.05) is 0 Å². The van der Waals surface area contributed by atoms with Gasteiger partial charge in [-0.2, -0.15) is 0 Å². The molecule has 1 atom stereocenters. The maximum absolute atomic E-state index is 11.8. The number of hydrogen-bond donors (Lipinski definition) is 2. The lowest BCUT2D eigenvalue weighted by Crippen LogP contribution is -2.19. The van der Waals surface area contributed by atoms with Crippen LogP contribution >= 0.6 is 11.3 Å². The van der Waals surface area contributed by atoms with Crippen molar-refractivity contribution in [3.63, 3.8) is 0 Å². The summed E-state index contributed by atoms with van der Waals surface area (Å²) >= 11 is -1.03. The molecule has 0 aliphatic carbocycles. The van der Waals surface area contributed by atoms with Gasteiger partial charge in [-0.25, -0.2) is 18.3 Å². The molecule has 1 aromatic heterocycles. The van der Waals surface area contributed by atoms with Crippen molar-refractivity contribution in [2.45, 2.75) is 0 Å². The van der Waals surface area contributed by atoms with Gasteiger partial charge in [0.2, 0.25) is 0 Å². The first-order valence-corrected chi connectivity index (χ1v) is 9.28. The Bertz CT molecular complexity index is 939. The fraction of sp³-hybridized carbons (Fsp3) is 0.0588. The van der Waals surface area contributed by atoms with E-state index in [0.717, 1.165) is 15.6 Å². The predicted octanol–water partition coefficient (Wildman–Crippen LogP) is 3.79. The molecule has 0 saturated heterocycles. The number of nitrogens with zero attached hydrogens (tertiary/aromatic N) is 2. The molecule has 1 unspecified atom stereocenters. The fourth-order valence-corrected chi connectivity index (χ4v) is 3.68. The van der Waals surface area contributed by atoms with Crippen LogP contribution in [0.3, 0.4) is 0 Å². The highest BCUT2D eigenvalue weighted by Crippen LogP contribution is 2.33. The van der Waals surface area contributed by atoms with Gasteiger partial charge >= 0.3 is 5.97 Å². The lowest BCUT2D eigenvalue weighted by atomic mass is 10.2. The minimum atomic E-state index is -2.36. The highest BCUT2D eigenvalue weighted by molar-refractivity contribution is 7.81.